The predicted octanol–water partition coefficient (Wildman–Crippen LogP) is 3.97. The average Bonchev–Trinajstić information content (AvgIpc) is 2.26. The van der Waals surface area contributed by atoms with Crippen LogP contribution in [0.5, 0.6) is 0 Å². The molecule has 0 aliphatic heterocycles. The molecule has 0 bridgehead atoms. The smallest absolute Gasteiger partial charge is 0.0696 e. The van der Waals surface area contributed by atoms with E-state index in [2.05, 4.69) is 13.8 Å². The first-order valence-electron chi connectivity index (χ1n) is 5.19. The minimum absolute atomic E-state index is 0.00907. The van der Waals surface area contributed by atoms with Crippen LogP contribution in [0.4, 0.5) is 0 Å². The fourth-order valence-corrected chi connectivity index (χ4v) is 2.49. The molecule has 0 heterocycles. The molecule has 0 spiro atoms. The predicted molar refractivity (Wildman–Crippen MR) is 67.6 cm³/mol. The zero-order valence-corrected chi connectivity index (χ0v) is 10.7. The first-order valence-corrected chi connectivity index (χ1v) is 6.55. The van der Waals surface area contributed by atoms with Gasteiger partial charge in [-0.1, -0.05) is 37.9 Å². The van der Waals surface area contributed by atoms with Gasteiger partial charge in [0.25, 0.3) is 0 Å². The van der Waals surface area contributed by atoms with Crippen LogP contribution in [0.25, 0.3) is 0 Å². The Hall–Kier alpha value is -0.180. The Kier molecular flexibility index (Phi) is 5.51. The van der Waals surface area contributed by atoms with Gasteiger partial charge in [0.2, 0.25) is 0 Å². The minimum Gasteiger partial charge on any atom is -0.392 e. The van der Waals surface area contributed by atoms with Gasteiger partial charge in [-0.15, -0.1) is 11.8 Å². The molecule has 1 atom stereocenters. The molecule has 1 aromatic carbocycles. The van der Waals surface area contributed by atoms with Crippen molar-refractivity contribution < 1.29 is 5.11 Å². The number of halogens is 1. The van der Waals surface area contributed by atoms with Crippen molar-refractivity contribution in [2.45, 2.75) is 31.8 Å². The van der Waals surface area contributed by atoms with Crippen LogP contribution in [0.3, 0.4) is 0 Å². The molecule has 0 radical (unpaired) electrons. The molecule has 15 heavy (non-hydrogen) atoms. The highest BCUT2D eigenvalue weighted by molar-refractivity contribution is 7.99. The highest BCUT2D eigenvalue weighted by atomic mass is 35.5. The van der Waals surface area contributed by atoms with E-state index >= 15 is 0 Å². The van der Waals surface area contributed by atoms with E-state index in [1.165, 1.54) is 11.3 Å². The van der Waals surface area contributed by atoms with Crippen LogP contribution in [-0.4, -0.2) is 10.9 Å². The Morgan fingerprint density at radius 1 is 1.47 bits per heavy atom. The molecule has 1 rings (SSSR count). The third-order valence-corrected chi connectivity index (χ3v) is 4.10. The highest BCUT2D eigenvalue weighted by Crippen LogP contribution is 2.26. The molecule has 0 aliphatic rings. The van der Waals surface area contributed by atoms with Gasteiger partial charge in [0, 0.05) is 15.7 Å². The Labute approximate surface area is 101 Å². The standard InChI is InChI=1S/C12H17ClOS/c1-3-9(2)8-15-11-5-4-10(7-14)12(13)6-11/h4-6,9,14H,3,7-8H2,1-2H3. The minimum atomic E-state index is 0.00907. The van der Waals surface area contributed by atoms with Crippen LogP contribution in [0, 0.1) is 5.92 Å². The van der Waals surface area contributed by atoms with Crippen LogP contribution < -0.4 is 0 Å². The summed E-state index contributed by atoms with van der Waals surface area (Å²) in [5, 5.41) is 9.63. The fraction of sp³-hybridized carbons (Fsp3) is 0.500. The monoisotopic (exact) mass is 244 g/mol. The Morgan fingerprint density at radius 2 is 2.20 bits per heavy atom. The van der Waals surface area contributed by atoms with Crippen molar-refractivity contribution >= 4 is 23.4 Å². The average molecular weight is 245 g/mol. The lowest BCUT2D eigenvalue weighted by Gasteiger charge is -2.08. The lowest BCUT2D eigenvalue weighted by molar-refractivity contribution is 0.282. The number of hydrogen-bond acceptors (Lipinski definition) is 2. The van der Waals surface area contributed by atoms with Gasteiger partial charge in [-0.3, -0.25) is 0 Å². The molecule has 0 aromatic heterocycles. The highest BCUT2D eigenvalue weighted by Gasteiger charge is 2.03. The second-order valence-corrected chi connectivity index (χ2v) is 5.24. The molecule has 84 valence electrons. The summed E-state index contributed by atoms with van der Waals surface area (Å²) in [5.41, 5.74) is 0.796. The number of rotatable bonds is 5. The molecule has 0 saturated carbocycles. The molecule has 0 saturated heterocycles. The van der Waals surface area contributed by atoms with Gasteiger partial charge in [0.05, 0.1) is 6.61 Å². The maximum absolute atomic E-state index is 8.97. The first-order chi connectivity index (χ1) is 7.17. The Bertz CT molecular complexity index is 314. The molecule has 1 aromatic rings. The van der Waals surface area contributed by atoms with Crippen molar-refractivity contribution in [3.05, 3.63) is 28.8 Å². The van der Waals surface area contributed by atoms with Gasteiger partial charge in [-0.2, -0.15) is 0 Å². The number of benzene rings is 1. The molecule has 0 amide bonds. The van der Waals surface area contributed by atoms with E-state index in [0.29, 0.717) is 5.02 Å². The molecule has 0 fully saturated rings. The summed E-state index contributed by atoms with van der Waals surface area (Å²) in [7, 11) is 0. The van der Waals surface area contributed by atoms with Crippen LogP contribution >= 0.6 is 23.4 Å². The normalized spacial score (nSPS) is 12.8. The topological polar surface area (TPSA) is 20.2 Å². The van der Waals surface area contributed by atoms with Gasteiger partial charge < -0.3 is 5.11 Å². The molecule has 3 heteroatoms. The van der Waals surface area contributed by atoms with E-state index in [1.807, 2.05) is 30.0 Å². The quantitative estimate of drug-likeness (QED) is 0.791. The summed E-state index contributed by atoms with van der Waals surface area (Å²) < 4.78 is 0. The first kappa shape index (κ1) is 12.9. The fourth-order valence-electron chi connectivity index (χ4n) is 1.10. The summed E-state index contributed by atoms with van der Waals surface area (Å²) in [4.78, 5) is 1.18. The largest absolute Gasteiger partial charge is 0.392 e. The summed E-state index contributed by atoms with van der Waals surface area (Å²) in [5.74, 6) is 1.84. The zero-order chi connectivity index (χ0) is 11.3. The van der Waals surface area contributed by atoms with Crippen molar-refractivity contribution in [2.24, 2.45) is 5.92 Å². The van der Waals surface area contributed by atoms with E-state index in [9.17, 15) is 0 Å². The van der Waals surface area contributed by atoms with Crippen molar-refractivity contribution in [3.63, 3.8) is 0 Å². The van der Waals surface area contributed by atoms with E-state index in [-0.39, 0.29) is 6.61 Å². The van der Waals surface area contributed by atoms with Gasteiger partial charge >= 0.3 is 0 Å². The van der Waals surface area contributed by atoms with Crippen LogP contribution in [0.2, 0.25) is 5.02 Å². The number of aliphatic hydroxyl groups excluding tert-OH is 1. The van der Waals surface area contributed by atoms with Crippen molar-refractivity contribution in [2.75, 3.05) is 5.75 Å². The summed E-state index contributed by atoms with van der Waals surface area (Å²) >= 11 is 7.83. The van der Waals surface area contributed by atoms with E-state index in [4.69, 9.17) is 16.7 Å². The van der Waals surface area contributed by atoms with Gasteiger partial charge in [0.1, 0.15) is 0 Å². The Balaban J connectivity index is 2.59. The second-order valence-electron chi connectivity index (χ2n) is 3.74. The van der Waals surface area contributed by atoms with Crippen LogP contribution in [0.1, 0.15) is 25.8 Å². The lowest BCUT2D eigenvalue weighted by Crippen LogP contribution is -1.95. The zero-order valence-electron chi connectivity index (χ0n) is 9.16. The summed E-state index contributed by atoms with van der Waals surface area (Å²) in [6.45, 7) is 4.46. The molecule has 1 N–H and O–H groups in total. The molecule has 1 nitrogen and oxygen atoms in total. The summed E-state index contributed by atoms with van der Waals surface area (Å²) in [6, 6.07) is 5.84. The number of thioether (sulfide) groups is 1. The third kappa shape index (κ3) is 4.06. The SMILES string of the molecule is CCC(C)CSc1ccc(CO)c(Cl)c1. The molecule has 0 aliphatic carbocycles. The van der Waals surface area contributed by atoms with Gasteiger partial charge in [-0.25, -0.2) is 0 Å². The van der Waals surface area contributed by atoms with Crippen molar-refractivity contribution in [1.82, 2.24) is 0 Å². The van der Waals surface area contributed by atoms with E-state index in [1.54, 1.807) is 0 Å². The number of hydrogen-bond donors (Lipinski definition) is 1. The van der Waals surface area contributed by atoms with Gasteiger partial charge in [0.15, 0.2) is 0 Å². The molecular formula is C12H17ClOS. The molecule has 1 unspecified atom stereocenters. The van der Waals surface area contributed by atoms with Crippen molar-refractivity contribution in [1.29, 1.82) is 0 Å². The molecular weight excluding hydrogens is 228 g/mol. The lowest BCUT2D eigenvalue weighted by atomic mass is 10.2. The van der Waals surface area contributed by atoms with Crippen LogP contribution in [0.15, 0.2) is 23.1 Å². The summed E-state index contributed by atoms with van der Waals surface area (Å²) in [6.07, 6.45) is 1.20. The maximum atomic E-state index is 8.97. The second kappa shape index (κ2) is 6.41. The van der Waals surface area contributed by atoms with E-state index < -0.39 is 0 Å². The Morgan fingerprint density at radius 3 is 2.73 bits per heavy atom. The van der Waals surface area contributed by atoms with Crippen molar-refractivity contribution in [3.8, 4) is 0 Å². The van der Waals surface area contributed by atoms with Gasteiger partial charge in [-0.05, 0) is 23.6 Å². The van der Waals surface area contributed by atoms with Crippen LogP contribution in [-0.2, 0) is 6.61 Å². The maximum Gasteiger partial charge on any atom is 0.0696 e. The number of aliphatic hydroxyl groups is 1. The van der Waals surface area contributed by atoms with E-state index in [0.717, 1.165) is 17.2 Å². The third-order valence-electron chi connectivity index (χ3n) is 2.43.